The van der Waals surface area contributed by atoms with Crippen molar-refractivity contribution in [2.24, 2.45) is 0 Å². The molecule has 1 atom stereocenters. The minimum absolute atomic E-state index is 0.0893. The molecule has 0 N–H and O–H groups in total. The molecule has 274 valence electrons. The van der Waals surface area contributed by atoms with Gasteiger partial charge in [-0.15, -0.1) is 0 Å². The number of halogens is 1. The van der Waals surface area contributed by atoms with Gasteiger partial charge in [0.1, 0.15) is 0 Å². The number of nitrogens with zero attached hydrogens (tertiary/aromatic N) is 2. The summed E-state index contributed by atoms with van der Waals surface area (Å²) < 4.78 is 6.07. The van der Waals surface area contributed by atoms with E-state index in [1.165, 1.54) is 50.2 Å². The first-order valence-electron chi connectivity index (χ1n) is 18.3. The normalized spacial score (nSPS) is 15.1. The van der Waals surface area contributed by atoms with Crippen LogP contribution in [0.15, 0.2) is 176 Å². The van der Waals surface area contributed by atoms with Crippen LogP contribution in [0.2, 0.25) is 0 Å². The molecule has 2 aliphatic heterocycles. The molecule has 0 aliphatic carbocycles. The average Bonchev–Trinajstić information content (AvgIpc) is 3.58. The Bertz CT molecular complexity index is 2150. The number of allylic oxidation sites excluding steroid dienone is 3. The van der Waals surface area contributed by atoms with E-state index in [4.69, 9.17) is 13.9 Å². The molecule has 0 spiro atoms. The Balaban J connectivity index is 1.43. The summed E-state index contributed by atoms with van der Waals surface area (Å²) in [5.74, 6) is 0.641. The Morgan fingerprint density at radius 1 is 0.630 bits per heavy atom. The zero-order valence-corrected chi connectivity index (χ0v) is 33.2. The summed E-state index contributed by atoms with van der Waals surface area (Å²) in [6, 6.07) is 52.5. The van der Waals surface area contributed by atoms with E-state index in [9.17, 15) is 0 Å². The van der Waals surface area contributed by atoms with E-state index < -0.39 is 0 Å². The van der Waals surface area contributed by atoms with Gasteiger partial charge in [-0.2, -0.15) is 0 Å². The van der Waals surface area contributed by atoms with Crippen molar-refractivity contribution in [3.8, 4) is 5.75 Å². The second-order valence-electron chi connectivity index (χ2n) is 14.0. The van der Waals surface area contributed by atoms with Crippen molar-refractivity contribution < 1.29 is 23.4 Å². The SMILES string of the molecule is COc1cc(C(c2ccccc2)c2ccccc2)c(N2C=C3C=CC=C(c4c(C)cc(C)cc4C)N3[CH]2[AgH][Cl])c(C(c2ccccc2)c2ccccc2)c1. The summed E-state index contributed by atoms with van der Waals surface area (Å²) in [5.41, 5.74) is 15.7. The number of hydrogen-bond acceptors (Lipinski definition) is 3. The van der Waals surface area contributed by atoms with Crippen LogP contribution in [0.1, 0.15) is 67.5 Å². The van der Waals surface area contributed by atoms with Crippen molar-refractivity contribution in [2.45, 2.75) is 37.0 Å². The first-order valence-corrected chi connectivity index (χ1v) is 21.2. The van der Waals surface area contributed by atoms with E-state index in [2.05, 4.69) is 201 Å². The molecular formula is C49H44AgClN2O. The van der Waals surface area contributed by atoms with E-state index in [0.29, 0.717) is 0 Å². The molecule has 54 heavy (non-hydrogen) atoms. The van der Waals surface area contributed by atoms with Crippen molar-refractivity contribution in [2.75, 3.05) is 12.0 Å². The maximum atomic E-state index is 7.28. The predicted octanol–water partition coefficient (Wildman–Crippen LogP) is 11.8. The number of fused-ring (bicyclic) bond motifs is 1. The Morgan fingerprint density at radius 2 is 1.07 bits per heavy atom. The zero-order valence-electron chi connectivity index (χ0n) is 30.9. The third-order valence-corrected chi connectivity index (χ3v) is 12.4. The topological polar surface area (TPSA) is 15.7 Å². The van der Waals surface area contributed by atoms with E-state index in [1.807, 2.05) is 0 Å². The van der Waals surface area contributed by atoms with Gasteiger partial charge in [-0.25, -0.2) is 0 Å². The molecule has 8 rings (SSSR count). The van der Waals surface area contributed by atoms with Crippen LogP contribution in [0.3, 0.4) is 0 Å². The molecule has 0 radical (unpaired) electrons. The first kappa shape index (κ1) is 36.0. The summed E-state index contributed by atoms with van der Waals surface area (Å²) >= 11 is -0.196. The van der Waals surface area contributed by atoms with Crippen LogP contribution in [-0.4, -0.2) is 16.4 Å². The number of methoxy groups -OCH3 is 1. The van der Waals surface area contributed by atoms with E-state index >= 15 is 0 Å². The van der Waals surface area contributed by atoms with Gasteiger partial charge in [-0.1, -0.05) is 0 Å². The number of ether oxygens (including phenoxy) is 1. The van der Waals surface area contributed by atoms with Gasteiger partial charge in [0, 0.05) is 0 Å². The number of benzene rings is 6. The Morgan fingerprint density at radius 3 is 1.48 bits per heavy atom. The molecule has 6 aromatic rings. The molecule has 0 fully saturated rings. The molecule has 0 aromatic heterocycles. The molecule has 0 saturated carbocycles. The molecule has 2 aliphatic rings. The molecule has 3 nitrogen and oxygen atoms in total. The Hall–Kier alpha value is -5.03. The molecule has 2 heterocycles. The van der Waals surface area contributed by atoms with Crippen molar-refractivity contribution >= 4 is 20.6 Å². The van der Waals surface area contributed by atoms with Crippen molar-refractivity contribution in [1.29, 1.82) is 0 Å². The molecule has 1 unspecified atom stereocenters. The fourth-order valence-corrected chi connectivity index (χ4v) is 10.2. The van der Waals surface area contributed by atoms with Crippen LogP contribution in [-0.2, 0) is 18.7 Å². The molecule has 5 heteroatoms. The quantitative estimate of drug-likeness (QED) is 0.101. The van der Waals surface area contributed by atoms with Crippen LogP contribution in [0.4, 0.5) is 5.69 Å². The van der Waals surface area contributed by atoms with Crippen molar-refractivity contribution in [3.63, 3.8) is 0 Å². The third-order valence-electron chi connectivity index (χ3n) is 10.5. The fraction of sp³-hybridized carbons (Fsp3) is 0.143. The summed E-state index contributed by atoms with van der Waals surface area (Å²) in [6.07, 6.45) is 8.97. The zero-order chi connectivity index (χ0) is 37.2. The maximum absolute atomic E-state index is 7.28. The second-order valence-corrected chi connectivity index (χ2v) is 16.0. The fourth-order valence-electron chi connectivity index (χ4n) is 8.39. The van der Waals surface area contributed by atoms with Crippen LogP contribution in [0.5, 0.6) is 5.75 Å². The summed E-state index contributed by atoms with van der Waals surface area (Å²) in [4.78, 5) is 4.94. The van der Waals surface area contributed by atoms with Gasteiger partial charge in [0.2, 0.25) is 0 Å². The van der Waals surface area contributed by atoms with E-state index in [0.717, 1.165) is 28.3 Å². The molecule has 6 aromatic carbocycles. The number of rotatable bonds is 10. The molecule has 0 saturated heterocycles. The van der Waals surface area contributed by atoms with Gasteiger partial charge in [-0.3, -0.25) is 0 Å². The van der Waals surface area contributed by atoms with Gasteiger partial charge >= 0.3 is 335 Å². The Labute approximate surface area is 333 Å². The van der Waals surface area contributed by atoms with Gasteiger partial charge < -0.3 is 0 Å². The second kappa shape index (κ2) is 15.8. The van der Waals surface area contributed by atoms with Crippen molar-refractivity contribution in [1.82, 2.24) is 4.90 Å². The standard InChI is InChI=1S/C49H43N2O.Ag.ClH.H/c1-34-28-35(2)46(36(3)29-34)45-27-17-26-41-32-50(33-51(41)45)49-43(47(37-18-9-5-10-19-37)38-20-11-6-12-21-38)30-42(52-4)31-44(49)48(39-22-13-7-14-23-39)40-24-15-8-16-25-40;;;/h5-33,47-48H,1-4H3;;1H;/q;+1;;/p-1. The number of hydrogen-bond donors (Lipinski definition) is 0. The van der Waals surface area contributed by atoms with Crippen molar-refractivity contribution in [3.05, 3.63) is 231 Å². The van der Waals surface area contributed by atoms with Gasteiger partial charge in [0.05, 0.1) is 0 Å². The molecule has 0 bridgehead atoms. The van der Waals surface area contributed by atoms with Crippen LogP contribution < -0.4 is 9.64 Å². The van der Waals surface area contributed by atoms with Gasteiger partial charge in [-0.05, 0) is 0 Å². The summed E-state index contributed by atoms with van der Waals surface area (Å²) in [7, 11) is 9.05. The van der Waals surface area contributed by atoms with E-state index in [1.54, 1.807) is 7.11 Å². The number of aryl methyl sites for hydroxylation is 3. The molecule has 0 amide bonds. The van der Waals surface area contributed by atoms with Crippen LogP contribution in [0.25, 0.3) is 5.70 Å². The monoisotopic (exact) mass is 818 g/mol. The molecular weight excluding hydrogens is 776 g/mol. The summed E-state index contributed by atoms with van der Waals surface area (Å²) in [5, 5.41) is 0. The minimum atomic E-state index is -0.196. The van der Waals surface area contributed by atoms with E-state index in [-0.39, 0.29) is 34.9 Å². The van der Waals surface area contributed by atoms with Crippen LogP contribution >= 0.6 is 9.19 Å². The predicted molar refractivity (Wildman–Crippen MR) is 222 cm³/mol. The van der Waals surface area contributed by atoms with Gasteiger partial charge in [0.15, 0.2) is 0 Å². The van der Waals surface area contributed by atoms with Crippen LogP contribution in [0, 0.1) is 20.8 Å². The van der Waals surface area contributed by atoms with Gasteiger partial charge in [0.25, 0.3) is 0 Å². The number of anilines is 1. The first-order chi connectivity index (χ1) is 26.5. The average molecular weight is 820 g/mol. The summed E-state index contributed by atoms with van der Waals surface area (Å²) in [6.45, 7) is 6.62. The Kier molecular flexibility index (Phi) is 10.5. The third kappa shape index (κ3) is 6.78.